The molecule has 0 aromatic heterocycles. The minimum atomic E-state index is -0.257. The van der Waals surface area contributed by atoms with Gasteiger partial charge in [-0.25, -0.2) is 0 Å². The number of nitrogens with one attached hydrogen (secondary N) is 1. The van der Waals surface area contributed by atoms with Gasteiger partial charge >= 0.3 is 0 Å². The van der Waals surface area contributed by atoms with Crippen molar-refractivity contribution in [2.75, 3.05) is 31.6 Å². The van der Waals surface area contributed by atoms with Crippen LogP contribution in [-0.4, -0.2) is 43.0 Å². The van der Waals surface area contributed by atoms with Gasteiger partial charge in [-0.2, -0.15) is 0 Å². The van der Waals surface area contributed by atoms with Crippen LogP contribution in [0, 0.1) is 11.3 Å². The van der Waals surface area contributed by atoms with Gasteiger partial charge in [0.05, 0.1) is 5.92 Å². The van der Waals surface area contributed by atoms with Gasteiger partial charge in [0.15, 0.2) is 0 Å². The summed E-state index contributed by atoms with van der Waals surface area (Å²) in [6, 6.07) is 16.4. The molecule has 0 unspecified atom stereocenters. The van der Waals surface area contributed by atoms with E-state index in [1.54, 1.807) is 24.3 Å². The lowest BCUT2D eigenvalue weighted by Crippen LogP contribution is -2.42. The lowest BCUT2D eigenvalue weighted by atomic mass is 9.71. The predicted molar refractivity (Wildman–Crippen MR) is 108 cm³/mol. The number of nitrogens with zero attached hydrogens (tertiary/aromatic N) is 1. The first kappa shape index (κ1) is 19.0. The van der Waals surface area contributed by atoms with Crippen molar-refractivity contribution in [1.82, 2.24) is 4.90 Å². The Balaban J connectivity index is 1.56. The molecule has 2 heterocycles. The van der Waals surface area contributed by atoms with Crippen LogP contribution in [0.5, 0.6) is 0 Å². The molecule has 0 bridgehead atoms. The summed E-state index contributed by atoms with van der Waals surface area (Å²) in [5.74, 6) is -0.343. The van der Waals surface area contributed by atoms with Gasteiger partial charge in [0.25, 0.3) is 5.91 Å². The highest BCUT2D eigenvalue weighted by Crippen LogP contribution is 2.45. The van der Waals surface area contributed by atoms with Crippen molar-refractivity contribution in [3.8, 4) is 0 Å². The molecule has 2 saturated heterocycles. The van der Waals surface area contributed by atoms with Gasteiger partial charge in [0, 0.05) is 48.0 Å². The van der Waals surface area contributed by atoms with Crippen molar-refractivity contribution in [1.29, 1.82) is 0 Å². The molecule has 2 fully saturated rings. The molecule has 1 spiro atoms. The number of carbonyl (C=O) groups excluding carboxylic acids is 2. The molecule has 2 aromatic carbocycles. The number of halogens is 1. The van der Waals surface area contributed by atoms with Crippen molar-refractivity contribution < 1.29 is 14.3 Å². The molecule has 2 amide bonds. The zero-order chi connectivity index (χ0) is 19.6. The maximum Gasteiger partial charge on any atom is 0.253 e. The Morgan fingerprint density at radius 3 is 2.39 bits per heavy atom. The van der Waals surface area contributed by atoms with E-state index in [0.717, 1.165) is 18.5 Å². The lowest BCUT2D eigenvalue weighted by molar-refractivity contribution is -0.124. The SMILES string of the molecule is O=C(Nc1ccccc1)[C@H]1CN(C(=O)c2ccc(Cl)cc2)CC12CCOCC2. The van der Waals surface area contributed by atoms with Gasteiger partial charge in [-0.05, 0) is 49.2 Å². The number of para-hydroxylation sites is 1. The van der Waals surface area contributed by atoms with Gasteiger partial charge in [-0.3, -0.25) is 9.59 Å². The highest BCUT2D eigenvalue weighted by molar-refractivity contribution is 6.30. The number of rotatable bonds is 3. The predicted octanol–water partition coefficient (Wildman–Crippen LogP) is 3.85. The second-order valence-electron chi connectivity index (χ2n) is 7.58. The summed E-state index contributed by atoms with van der Waals surface area (Å²) in [7, 11) is 0. The van der Waals surface area contributed by atoms with Crippen LogP contribution in [-0.2, 0) is 9.53 Å². The number of ether oxygens (including phenoxy) is 1. The van der Waals surface area contributed by atoms with Crippen LogP contribution in [0.15, 0.2) is 54.6 Å². The molecule has 1 atom stereocenters. The standard InChI is InChI=1S/C22H23ClN2O3/c23-17-8-6-16(7-9-17)21(27)25-14-19(22(15-25)10-12-28-13-11-22)20(26)24-18-4-2-1-3-5-18/h1-9,19H,10-15H2,(H,24,26)/t19-/m1/s1. The molecule has 0 radical (unpaired) electrons. The number of benzene rings is 2. The van der Waals surface area contributed by atoms with Gasteiger partial charge in [0.1, 0.15) is 0 Å². The molecule has 2 aliphatic heterocycles. The summed E-state index contributed by atoms with van der Waals surface area (Å²) in [4.78, 5) is 28.0. The van der Waals surface area contributed by atoms with Crippen LogP contribution >= 0.6 is 11.6 Å². The van der Waals surface area contributed by atoms with E-state index in [0.29, 0.717) is 36.9 Å². The molecule has 2 aromatic rings. The third-order valence-electron chi connectivity index (χ3n) is 5.87. The molecule has 4 rings (SSSR count). The monoisotopic (exact) mass is 398 g/mol. The fourth-order valence-electron chi connectivity index (χ4n) is 4.30. The Morgan fingerprint density at radius 1 is 1.04 bits per heavy atom. The number of hydrogen-bond acceptors (Lipinski definition) is 3. The van der Waals surface area contributed by atoms with Crippen molar-refractivity contribution in [3.05, 3.63) is 65.2 Å². The first-order valence-corrected chi connectivity index (χ1v) is 9.94. The Morgan fingerprint density at radius 2 is 1.71 bits per heavy atom. The molecular formula is C22H23ClN2O3. The minimum Gasteiger partial charge on any atom is -0.381 e. The van der Waals surface area contributed by atoms with Crippen molar-refractivity contribution in [3.63, 3.8) is 0 Å². The maximum atomic E-state index is 13.1. The highest BCUT2D eigenvalue weighted by atomic mass is 35.5. The van der Waals surface area contributed by atoms with Crippen LogP contribution in [0.1, 0.15) is 23.2 Å². The molecule has 0 aliphatic carbocycles. The first-order chi connectivity index (χ1) is 13.6. The topological polar surface area (TPSA) is 58.6 Å². The molecule has 6 heteroatoms. The van der Waals surface area contributed by atoms with E-state index in [4.69, 9.17) is 16.3 Å². The summed E-state index contributed by atoms with van der Waals surface area (Å²) >= 11 is 5.94. The molecule has 0 saturated carbocycles. The Kier molecular flexibility index (Phi) is 5.38. The average Bonchev–Trinajstić information content (AvgIpc) is 3.08. The lowest BCUT2D eigenvalue weighted by Gasteiger charge is -2.37. The zero-order valence-electron chi connectivity index (χ0n) is 15.6. The van der Waals surface area contributed by atoms with Gasteiger partial charge in [-0.15, -0.1) is 0 Å². The van der Waals surface area contributed by atoms with E-state index in [9.17, 15) is 9.59 Å². The van der Waals surface area contributed by atoms with Crippen LogP contribution < -0.4 is 5.32 Å². The maximum absolute atomic E-state index is 13.1. The van der Waals surface area contributed by atoms with Crippen molar-refractivity contribution in [2.24, 2.45) is 11.3 Å². The number of amides is 2. The van der Waals surface area contributed by atoms with Crippen molar-refractivity contribution in [2.45, 2.75) is 12.8 Å². The van der Waals surface area contributed by atoms with Gasteiger partial charge in [-0.1, -0.05) is 29.8 Å². The number of carbonyl (C=O) groups is 2. The number of likely N-dealkylation sites (tertiary alicyclic amines) is 1. The molecular weight excluding hydrogens is 376 g/mol. The summed E-state index contributed by atoms with van der Waals surface area (Å²) in [5.41, 5.74) is 1.13. The second kappa shape index (κ2) is 7.94. The minimum absolute atomic E-state index is 0.0282. The number of hydrogen-bond donors (Lipinski definition) is 1. The first-order valence-electron chi connectivity index (χ1n) is 9.56. The Hall–Kier alpha value is -2.37. The van der Waals surface area contributed by atoms with E-state index in [2.05, 4.69) is 5.32 Å². The molecule has 1 N–H and O–H groups in total. The van der Waals surface area contributed by atoms with E-state index in [-0.39, 0.29) is 23.1 Å². The normalized spacial score (nSPS) is 20.9. The van der Waals surface area contributed by atoms with Crippen LogP contribution in [0.2, 0.25) is 5.02 Å². The largest absolute Gasteiger partial charge is 0.381 e. The van der Waals surface area contributed by atoms with E-state index < -0.39 is 0 Å². The van der Waals surface area contributed by atoms with E-state index in [1.807, 2.05) is 35.2 Å². The molecule has 146 valence electrons. The van der Waals surface area contributed by atoms with E-state index >= 15 is 0 Å². The Bertz CT molecular complexity index is 848. The summed E-state index contributed by atoms with van der Waals surface area (Å²) in [6.45, 7) is 2.24. The molecule has 5 nitrogen and oxygen atoms in total. The average molecular weight is 399 g/mol. The molecule has 2 aliphatic rings. The summed E-state index contributed by atoms with van der Waals surface area (Å²) in [6.07, 6.45) is 1.56. The third-order valence-corrected chi connectivity index (χ3v) is 6.12. The quantitative estimate of drug-likeness (QED) is 0.854. The van der Waals surface area contributed by atoms with Gasteiger partial charge in [0.2, 0.25) is 5.91 Å². The highest BCUT2D eigenvalue weighted by Gasteiger charge is 2.51. The van der Waals surface area contributed by atoms with Crippen LogP contribution in [0.25, 0.3) is 0 Å². The number of anilines is 1. The fraction of sp³-hybridized carbons (Fsp3) is 0.364. The smallest absolute Gasteiger partial charge is 0.253 e. The Labute approximate surface area is 169 Å². The molecule has 28 heavy (non-hydrogen) atoms. The summed E-state index contributed by atoms with van der Waals surface area (Å²) < 4.78 is 5.55. The summed E-state index contributed by atoms with van der Waals surface area (Å²) in [5, 5.41) is 3.62. The van der Waals surface area contributed by atoms with E-state index in [1.165, 1.54) is 0 Å². The van der Waals surface area contributed by atoms with Gasteiger partial charge < -0.3 is 15.0 Å². The second-order valence-corrected chi connectivity index (χ2v) is 8.01. The van der Waals surface area contributed by atoms with Crippen LogP contribution in [0.4, 0.5) is 5.69 Å². The van der Waals surface area contributed by atoms with Crippen LogP contribution in [0.3, 0.4) is 0 Å². The third kappa shape index (κ3) is 3.77. The van der Waals surface area contributed by atoms with Crippen molar-refractivity contribution >= 4 is 29.1 Å². The fourth-order valence-corrected chi connectivity index (χ4v) is 4.42. The zero-order valence-corrected chi connectivity index (χ0v) is 16.3.